The van der Waals surface area contributed by atoms with Crippen molar-refractivity contribution in [2.45, 2.75) is 39.0 Å². The van der Waals surface area contributed by atoms with E-state index in [0.29, 0.717) is 30.6 Å². The van der Waals surface area contributed by atoms with E-state index in [9.17, 15) is 0 Å². The van der Waals surface area contributed by atoms with Gasteiger partial charge < -0.3 is 9.26 Å². The summed E-state index contributed by atoms with van der Waals surface area (Å²) >= 11 is 0. The fourth-order valence-electron chi connectivity index (χ4n) is 2.67. The third-order valence-corrected chi connectivity index (χ3v) is 3.98. The van der Waals surface area contributed by atoms with Crippen LogP contribution in [0.15, 0.2) is 40.9 Å². The lowest BCUT2D eigenvalue weighted by molar-refractivity contribution is -0.00113. The van der Waals surface area contributed by atoms with Crippen molar-refractivity contribution in [1.82, 2.24) is 19.9 Å². The summed E-state index contributed by atoms with van der Waals surface area (Å²) in [6.07, 6.45) is 0.0189. The van der Waals surface area contributed by atoms with E-state index in [1.165, 1.54) is 0 Å². The summed E-state index contributed by atoms with van der Waals surface area (Å²) in [4.78, 5) is 4.41. The molecule has 23 heavy (non-hydrogen) atoms. The van der Waals surface area contributed by atoms with Gasteiger partial charge in [-0.3, -0.25) is 4.68 Å². The Balaban J connectivity index is 1.60. The second-order valence-corrected chi connectivity index (χ2v) is 6.03. The lowest BCUT2D eigenvalue weighted by Gasteiger charge is -2.24. The normalized spacial score (nSPS) is 17.4. The molecule has 0 bridgehead atoms. The number of benzene rings is 1. The van der Waals surface area contributed by atoms with Crippen LogP contribution < -0.4 is 0 Å². The van der Waals surface area contributed by atoms with Crippen molar-refractivity contribution in [1.29, 1.82) is 0 Å². The number of hydrogen-bond acceptors (Lipinski definition) is 5. The van der Waals surface area contributed by atoms with Gasteiger partial charge in [-0.2, -0.15) is 10.1 Å². The number of hydrogen-bond donors (Lipinski definition) is 0. The maximum absolute atomic E-state index is 5.96. The van der Waals surface area contributed by atoms with E-state index in [1.54, 1.807) is 0 Å². The molecule has 0 amide bonds. The molecule has 0 radical (unpaired) electrons. The van der Waals surface area contributed by atoms with Crippen molar-refractivity contribution < 1.29 is 9.26 Å². The zero-order valence-corrected chi connectivity index (χ0v) is 13.1. The molecule has 6 nitrogen and oxygen atoms in total. The van der Waals surface area contributed by atoms with Gasteiger partial charge in [0.2, 0.25) is 0 Å². The lowest BCUT2D eigenvalue weighted by Crippen LogP contribution is -2.21. The SMILES string of the molecule is CC(C)c1noc(-c2cc3n(n2)CC(c2ccccc2)OC3)n1. The molecule has 3 aromatic rings. The Morgan fingerprint density at radius 2 is 2.04 bits per heavy atom. The van der Waals surface area contributed by atoms with E-state index in [2.05, 4.69) is 27.4 Å². The standard InChI is InChI=1S/C17H18N4O2/c1-11(2)16-18-17(23-20-16)14-8-13-10-22-15(9-21(13)19-14)12-6-4-3-5-7-12/h3-8,11,15H,9-10H2,1-2H3. The number of ether oxygens (including phenoxy) is 1. The average Bonchev–Trinajstić information content (AvgIpc) is 3.21. The third-order valence-electron chi connectivity index (χ3n) is 3.98. The molecule has 3 heterocycles. The second kappa shape index (κ2) is 5.62. The van der Waals surface area contributed by atoms with Crippen molar-refractivity contribution in [3.8, 4) is 11.6 Å². The van der Waals surface area contributed by atoms with Crippen LogP contribution in [-0.4, -0.2) is 19.9 Å². The molecule has 0 aliphatic carbocycles. The molecule has 1 unspecified atom stereocenters. The van der Waals surface area contributed by atoms with Gasteiger partial charge in [0.05, 0.1) is 18.8 Å². The van der Waals surface area contributed by atoms with E-state index in [-0.39, 0.29) is 12.0 Å². The van der Waals surface area contributed by atoms with E-state index >= 15 is 0 Å². The number of rotatable bonds is 3. The predicted molar refractivity (Wildman–Crippen MR) is 83.6 cm³/mol. The average molecular weight is 310 g/mol. The fraction of sp³-hybridized carbons (Fsp3) is 0.353. The first-order chi connectivity index (χ1) is 11.2. The van der Waals surface area contributed by atoms with Crippen molar-refractivity contribution in [2.24, 2.45) is 0 Å². The summed E-state index contributed by atoms with van der Waals surface area (Å²) in [5.41, 5.74) is 2.89. The fourth-order valence-corrected chi connectivity index (χ4v) is 2.67. The minimum Gasteiger partial charge on any atom is -0.365 e. The monoisotopic (exact) mass is 310 g/mol. The molecule has 1 aliphatic rings. The molecular formula is C17H18N4O2. The molecule has 0 N–H and O–H groups in total. The molecule has 1 aliphatic heterocycles. The minimum absolute atomic E-state index is 0.0189. The van der Waals surface area contributed by atoms with Crippen LogP contribution >= 0.6 is 0 Å². The van der Waals surface area contributed by atoms with E-state index in [4.69, 9.17) is 9.26 Å². The number of nitrogens with zero attached hydrogens (tertiary/aromatic N) is 4. The maximum Gasteiger partial charge on any atom is 0.278 e. The summed E-state index contributed by atoms with van der Waals surface area (Å²) < 4.78 is 13.2. The van der Waals surface area contributed by atoms with Crippen LogP contribution in [0.4, 0.5) is 0 Å². The molecular weight excluding hydrogens is 292 g/mol. The highest BCUT2D eigenvalue weighted by Gasteiger charge is 2.24. The van der Waals surface area contributed by atoms with Gasteiger partial charge in [-0.1, -0.05) is 49.3 Å². The Labute approximate surface area is 134 Å². The topological polar surface area (TPSA) is 66.0 Å². The third kappa shape index (κ3) is 2.66. The van der Waals surface area contributed by atoms with Gasteiger partial charge in [0.15, 0.2) is 11.5 Å². The van der Waals surface area contributed by atoms with Crippen LogP contribution in [-0.2, 0) is 17.9 Å². The number of aromatic nitrogens is 4. The van der Waals surface area contributed by atoms with Gasteiger partial charge in [-0.05, 0) is 11.6 Å². The van der Waals surface area contributed by atoms with Crippen LogP contribution in [0.25, 0.3) is 11.6 Å². The summed E-state index contributed by atoms with van der Waals surface area (Å²) in [5.74, 6) is 1.40. The molecule has 1 aromatic carbocycles. The maximum atomic E-state index is 5.96. The Morgan fingerprint density at radius 3 is 2.78 bits per heavy atom. The van der Waals surface area contributed by atoms with Gasteiger partial charge in [0.25, 0.3) is 5.89 Å². The molecule has 118 valence electrons. The van der Waals surface area contributed by atoms with Gasteiger partial charge in [0.1, 0.15) is 6.10 Å². The van der Waals surface area contributed by atoms with Gasteiger partial charge in [-0.25, -0.2) is 0 Å². The lowest BCUT2D eigenvalue weighted by atomic mass is 10.1. The summed E-state index contributed by atoms with van der Waals surface area (Å²) in [6.45, 7) is 5.28. The largest absolute Gasteiger partial charge is 0.365 e. The van der Waals surface area contributed by atoms with E-state index < -0.39 is 0 Å². The van der Waals surface area contributed by atoms with Crippen molar-refractivity contribution in [3.05, 3.63) is 53.5 Å². The van der Waals surface area contributed by atoms with Crippen molar-refractivity contribution in [3.63, 3.8) is 0 Å². The van der Waals surface area contributed by atoms with Crippen LogP contribution in [0, 0.1) is 0 Å². The first kappa shape index (κ1) is 14.1. The van der Waals surface area contributed by atoms with Gasteiger partial charge >= 0.3 is 0 Å². The smallest absolute Gasteiger partial charge is 0.278 e. The molecule has 0 saturated heterocycles. The molecule has 0 spiro atoms. The molecule has 1 atom stereocenters. The highest BCUT2D eigenvalue weighted by Crippen LogP contribution is 2.28. The Hall–Kier alpha value is -2.47. The van der Waals surface area contributed by atoms with E-state index in [1.807, 2.05) is 42.8 Å². The molecule has 4 rings (SSSR count). The van der Waals surface area contributed by atoms with Crippen LogP contribution in [0.2, 0.25) is 0 Å². The zero-order valence-electron chi connectivity index (χ0n) is 13.1. The molecule has 2 aromatic heterocycles. The minimum atomic E-state index is 0.0189. The molecule has 6 heteroatoms. The highest BCUT2D eigenvalue weighted by molar-refractivity contribution is 5.47. The predicted octanol–water partition coefficient (Wildman–Crippen LogP) is 3.33. The number of fused-ring (bicyclic) bond motifs is 1. The summed E-state index contributed by atoms with van der Waals surface area (Å²) in [5, 5.41) is 8.60. The van der Waals surface area contributed by atoms with Gasteiger partial charge in [-0.15, -0.1) is 0 Å². The van der Waals surface area contributed by atoms with Gasteiger partial charge in [0, 0.05) is 5.92 Å². The summed E-state index contributed by atoms with van der Waals surface area (Å²) in [6, 6.07) is 12.2. The van der Waals surface area contributed by atoms with Crippen molar-refractivity contribution >= 4 is 0 Å². The Bertz CT molecular complexity index is 807. The first-order valence-electron chi connectivity index (χ1n) is 7.78. The quantitative estimate of drug-likeness (QED) is 0.742. The summed E-state index contributed by atoms with van der Waals surface area (Å²) in [7, 11) is 0. The second-order valence-electron chi connectivity index (χ2n) is 6.03. The van der Waals surface area contributed by atoms with Crippen LogP contribution in [0.1, 0.15) is 43.0 Å². The Morgan fingerprint density at radius 1 is 1.22 bits per heavy atom. The van der Waals surface area contributed by atoms with E-state index in [0.717, 1.165) is 11.3 Å². The first-order valence-corrected chi connectivity index (χ1v) is 7.78. The van der Waals surface area contributed by atoms with Crippen molar-refractivity contribution in [2.75, 3.05) is 0 Å². The van der Waals surface area contributed by atoms with Crippen LogP contribution in [0.3, 0.4) is 0 Å². The molecule has 0 saturated carbocycles. The Kier molecular flexibility index (Phi) is 3.46. The zero-order chi connectivity index (χ0) is 15.8. The van der Waals surface area contributed by atoms with Crippen LogP contribution in [0.5, 0.6) is 0 Å². The highest BCUT2D eigenvalue weighted by atomic mass is 16.5. The molecule has 0 fully saturated rings.